The second-order valence-electron chi connectivity index (χ2n) is 10.6. The topological polar surface area (TPSA) is 78.0 Å². The maximum Gasteiger partial charge on any atom is 0.259 e. The van der Waals surface area contributed by atoms with E-state index in [4.69, 9.17) is 0 Å². The molecule has 8 heteroatoms. The number of carbonyl (C=O) groups excluding carboxylic acids is 2. The maximum atomic E-state index is 14.0. The van der Waals surface area contributed by atoms with Crippen molar-refractivity contribution in [2.75, 3.05) is 36.0 Å². The van der Waals surface area contributed by atoms with Crippen LogP contribution in [0, 0.1) is 13.8 Å². The van der Waals surface area contributed by atoms with Crippen LogP contribution in [0.3, 0.4) is 0 Å². The molecule has 2 amide bonds. The number of para-hydroxylation sites is 1. The molecule has 0 spiro atoms. The molecule has 0 aliphatic carbocycles. The summed E-state index contributed by atoms with van der Waals surface area (Å²) in [4.78, 5) is 33.2. The third-order valence-electron chi connectivity index (χ3n) is 7.96. The van der Waals surface area contributed by atoms with Crippen LogP contribution in [0.15, 0.2) is 101 Å². The molecule has 0 aromatic heterocycles. The molecule has 4 aromatic carbocycles. The second kappa shape index (κ2) is 10.5. The summed E-state index contributed by atoms with van der Waals surface area (Å²) in [6.45, 7) is 6.60. The lowest BCUT2D eigenvalue weighted by molar-refractivity contribution is 0.0746. The molecule has 0 N–H and O–H groups in total. The van der Waals surface area contributed by atoms with Gasteiger partial charge in [0, 0.05) is 37.4 Å². The first kappa shape index (κ1) is 26.8. The summed E-state index contributed by atoms with van der Waals surface area (Å²) in [5.74, 6) is -0.594. The molecule has 0 radical (unpaired) electrons. The zero-order valence-corrected chi connectivity index (χ0v) is 23.9. The highest BCUT2D eigenvalue weighted by molar-refractivity contribution is 7.91. The number of fused-ring (bicyclic) bond motifs is 2. The van der Waals surface area contributed by atoms with Crippen molar-refractivity contribution in [1.29, 1.82) is 0 Å². The summed E-state index contributed by atoms with van der Waals surface area (Å²) >= 11 is 0. The van der Waals surface area contributed by atoms with Gasteiger partial charge in [-0.25, -0.2) is 8.42 Å². The normalized spacial score (nSPS) is 16.1. The van der Waals surface area contributed by atoms with Crippen LogP contribution in [-0.4, -0.2) is 51.3 Å². The zero-order valence-electron chi connectivity index (χ0n) is 23.1. The van der Waals surface area contributed by atoms with Gasteiger partial charge in [0.25, 0.3) is 11.8 Å². The molecule has 2 aliphatic heterocycles. The van der Waals surface area contributed by atoms with Gasteiger partial charge in [-0.15, -0.1) is 0 Å². The van der Waals surface area contributed by atoms with Crippen molar-refractivity contribution >= 4 is 33.0 Å². The van der Waals surface area contributed by atoms with Crippen molar-refractivity contribution < 1.29 is 18.0 Å². The highest BCUT2D eigenvalue weighted by atomic mass is 32.2. The Bertz CT molecular complexity index is 1760. The van der Waals surface area contributed by atoms with Crippen molar-refractivity contribution in [3.8, 4) is 0 Å². The molecule has 4 aromatic rings. The molecule has 0 atom stereocenters. The van der Waals surface area contributed by atoms with Gasteiger partial charge in [-0.1, -0.05) is 54.1 Å². The van der Waals surface area contributed by atoms with E-state index in [0.29, 0.717) is 31.7 Å². The van der Waals surface area contributed by atoms with E-state index < -0.39 is 15.7 Å². The molecule has 0 unspecified atom stereocenters. The van der Waals surface area contributed by atoms with E-state index in [0.717, 1.165) is 22.4 Å². The summed E-state index contributed by atoms with van der Waals surface area (Å²) in [5, 5.41) is 0. The monoisotopic (exact) mass is 565 g/mol. The van der Waals surface area contributed by atoms with Crippen molar-refractivity contribution in [3.63, 3.8) is 0 Å². The van der Waals surface area contributed by atoms with Gasteiger partial charge >= 0.3 is 0 Å². The van der Waals surface area contributed by atoms with E-state index in [1.54, 1.807) is 35.2 Å². The van der Waals surface area contributed by atoms with E-state index in [9.17, 15) is 18.0 Å². The molecule has 208 valence electrons. The predicted octanol–water partition coefficient (Wildman–Crippen LogP) is 5.26. The number of sulfone groups is 1. The molecule has 41 heavy (non-hydrogen) atoms. The third-order valence-corrected chi connectivity index (χ3v) is 9.82. The Morgan fingerprint density at radius 3 is 2.24 bits per heavy atom. The summed E-state index contributed by atoms with van der Waals surface area (Å²) in [5.41, 5.74) is 4.77. The lowest BCUT2D eigenvalue weighted by Crippen LogP contribution is -2.48. The predicted molar refractivity (Wildman–Crippen MR) is 159 cm³/mol. The second-order valence-corrected chi connectivity index (χ2v) is 12.5. The minimum atomic E-state index is -4.01. The van der Waals surface area contributed by atoms with Crippen LogP contribution in [0.4, 0.5) is 11.4 Å². The van der Waals surface area contributed by atoms with Gasteiger partial charge in [0.2, 0.25) is 9.84 Å². The lowest BCUT2D eigenvalue weighted by Gasteiger charge is -2.36. The van der Waals surface area contributed by atoms with Crippen LogP contribution in [0.2, 0.25) is 0 Å². The van der Waals surface area contributed by atoms with E-state index in [1.807, 2.05) is 50.2 Å². The molecule has 6 rings (SSSR count). The summed E-state index contributed by atoms with van der Waals surface area (Å²) < 4.78 is 27.7. The first-order chi connectivity index (χ1) is 19.7. The Morgan fingerprint density at radius 1 is 0.780 bits per heavy atom. The first-order valence-electron chi connectivity index (χ1n) is 13.7. The molecule has 2 heterocycles. The fourth-order valence-corrected chi connectivity index (χ4v) is 7.26. The number of anilines is 2. The van der Waals surface area contributed by atoms with Gasteiger partial charge in [-0.05, 0) is 67.4 Å². The van der Waals surface area contributed by atoms with Gasteiger partial charge in [0.1, 0.15) is 0 Å². The minimum absolute atomic E-state index is 0.0200. The van der Waals surface area contributed by atoms with Crippen LogP contribution >= 0.6 is 0 Å². The fraction of sp³-hybridized carbons (Fsp3) is 0.212. The quantitative estimate of drug-likeness (QED) is 0.337. The number of amides is 2. The molecule has 2 aliphatic rings. The molecular weight excluding hydrogens is 534 g/mol. The minimum Gasteiger partial charge on any atom is -0.368 e. The van der Waals surface area contributed by atoms with Gasteiger partial charge < -0.3 is 14.7 Å². The van der Waals surface area contributed by atoms with Crippen LogP contribution in [0.25, 0.3) is 0 Å². The van der Waals surface area contributed by atoms with Crippen LogP contribution in [0.5, 0.6) is 0 Å². The summed E-state index contributed by atoms with van der Waals surface area (Å²) in [7, 11) is -4.01. The third kappa shape index (κ3) is 4.89. The average molecular weight is 566 g/mol. The van der Waals surface area contributed by atoms with Crippen molar-refractivity contribution in [2.45, 2.75) is 30.2 Å². The Balaban J connectivity index is 1.38. The molecule has 7 nitrogen and oxygen atoms in total. The number of hydrogen-bond donors (Lipinski definition) is 0. The summed E-state index contributed by atoms with van der Waals surface area (Å²) in [6.07, 6.45) is 0. The average Bonchev–Trinajstić information content (AvgIpc) is 3.07. The number of benzene rings is 4. The fourth-order valence-electron chi connectivity index (χ4n) is 5.63. The van der Waals surface area contributed by atoms with Crippen LogP contribution < -0.4 is 9.80 Å². The van der Waals surface area contributed by atoms with Crippen LogP contribution in [0.1, 0.15) is 37.4 Å². The standard InChI is InChI=1S/C33H31N3O4S/c1-23-12-13-24(2)26(20-23)22-36-29-21-25(32(37)35-18-16-34(17-19-35)27-8-4-3-5-9-27)14-15-31(29)41(39,40)30-11-7-6-10-28(30)33(36)38/h3-15,20-21H,16-19,22H2,1-2H3. The smallest absolute Gasteiger partial charge is 0.259 e. The number of rotatable bonds is 4. The largest absolute Gasteiger partial charge is 0.368 e. The first-order valence-corrected chi connectivity index (χ1v) is 15.2. The van der Waals surface area contributed by atoms with E-state index in [2.05, 4.69) is 17.0 Å². The maximum absolute atomic E-state index is 14.0. The van der Waals surface area contributed by atoms with E-state index in [1.165, 1.54) is 17.0 Å². The zero-order chi connectivity index (χ0) is 28.7. The number of carbonyl (C=O) groups is 2. The Hall–Kier alpha value is -4.43. The molecule has 0 saturated carbocycles. The van der Waals surface area contributed by atoms with Gasteiger partial charge in [-0.3, -0.25) is 9.59 Å². The van der Waals surface area contributed by atoms with Crippen molar-refractivity contribution in [2.24, 2.45) is 0 Å². The molecule has 0 bridgehead atoms. The van der Waals surface area contributed by atoms with E-state index in [-0.39, 0.29) is 33.5 Å². The molecular formula is C33H31N3O4S. The SMILES string of the molecule is Cc1ccc(C)c(CN2C(=O)c3ccccc3S(=O)(=O)c3ccc(C(=O)N4CCN(c5ccccc5)CC4)cc32)c1. The highest BCUT2D eigenvalue weighted by Gasteiger charge is 2.36. The Morgan fingerprint density at radius 2 is 1.49 bits per heavy atom. The summed E-state index contributed by atoms with van der Waals surface area (Å²) in [6, 6.07) is 27.0. The molecule has 1 saturated heterocycles. The van der Waals surface area contributed by atoms with Crippen molar-refractivity contribution in [1.82, 2.24) is 4.90 Å². The number of aryl methyl sites for hydroxylation is 2. The Kier molecular flexibility index (Phi) is 6.87. The molecule has 1 fully saturated rings. The number of hydrogen-bond acceptors (Lipinski definition) is 5. The van der Waals surface area contributed by atoms with Gasteiger partial charge in [0.15, 0.2) is 0 Å². The van der Waals surface area contributed by atoms with Crippen molar-refractivity contribution in [3.05, 3.63) is 119 Å². The highest BCUT2D eigenvalue weighted by Crippen LogP contribution is 2.38. The Labute approximate surface area is 240 Å². The van der Waals surface area contributed by atoms with Gasteiger partial charge in [-0.2, -0.15) is 0 Å². The number of piperazine rings is 1. The lowest BCUT2D eigenvalue weighted by atomic mass is 10.0. The number of nitrogens with zero attached hydrogens (tertiary/aromatic N) is 3. The van der Waals surface area contributed by atoms with Gasteiger partial charge in [0.05, 0.1) is 27.6 Å². The van der Waals surface area contributed by atoms with E-state index >= 15 is 0 Å². The van der Waals surface area contributed by atoms with Crippen LogP contribution in [-0.2, 0) is 16.4 Å².